The van der Waals surface area contributed by atoms with E-state index in [2.05, 4.69) is 5.32 Å². The number of hydrogen-bond donors (Lipinski definition) is 1. The van der Waals surface area contributed by atoms with Crippen LogP contribution in [-0.2, 0) is 16.6 Å². The van der Waals surface area contributed by atoms with Crippen LogP contribution in [-0.4, -0.2) is 10.1 Å². The van der Waals surface area contributed by atoms with E-state index in [9.17, 15) is 13.4 Å². The van der Waals surface area contributed by atoms with Gasteiger partial charge in [0.1, 0.15) is 11.6 Å². The minimum atomic E-state index is -1.31. The van der Waals surface area contributed by atoms with Crippen LogP contribution in [0, 0.1) is 5.82 Å². The number of benzene rings is 2. The van der Waals surface area contributed by atoms with Crippen LogP contribution in [0.1, 0.15) is 16.3 Å². The van der Waals surface area contributed by atoms with E-state index in [1.165, 1.54) is 30.3 Å². The third-order valence-corrected chi connectivity index (χ3v) is 4.93. The van der Waals surface area contributed by atoms with Gasteiger partial charge in [-0.15, -0.1) is 0 Å². The van der Waals surface area contributed by atoms with Gasteiger partial charge in [0.25, 0.3) is 5.91 Å². The summed E-state index contributed by atoms with van der Waals surface area (Å²) in [6.45, 7) is 0. The van der Waals surface area contributed by atoms with Crippen molar-refractivity contribution in [2.45, 2.75) is 10.6 Å². The van der Waals surface area contributed by atoms with Crippen LogP contribution in [0.25, 0.3) is 0 Å². The molecule has 1 amide bonds. The molecule has 7 heteroatoms. The van der Waals surface area contributed by atoms with Crippen LogP contribution in [0.5, 0.6) is 0 Å². The van der Waals surface area contributed by atoms with Gasteiger partial charge in [-0.3, -0.25) is 9.00 Å². The smallest absolute Gasteiger partial charge is 0.291 e. The topological polar surface area (TPSA) is 59.3 Å². The normalized spacial score (nSPS) is 11.9. The van der Waals surface area contributed by atoms with Crippen LogP contribution in [0.2, 0.25) is 5.02 Å². The van der Waals surface area contributed by atoms with E-state index in [1.807, 2.05) is 0 Å². The minimum Gasteiger partial charge on any atom is -0.455 e. The second-order valence-corrected chi connectivity index (χ2v) is 7.06. The molecule has 1 N–H and O–H groups in total. The highest BCUT2D eigenvalue weighted by molar-refractivity contribution is 7.84. The van der Waals surface area contributed by atoms with Gasteiger partial charge in [-0.25, -0.2) is 4.39 Å². The summed E-state index contributed by atoms with van der Waals surface area (Å²) >= 11 is 5.81. The number of rotatable bonds is 5. The summed E-state index contributed by atoms with van der Waals surface area (Å²) in [6, 6.07) is 15.2. The van der Waals surface area contributed by atoms with Crippen LogP contribution < -0.4 is 5.32 Å². The van der Waals surface area contributed by atoms with Crippen LogP contribution in [0.3, 0.4) is 0 Å². The van der Waals surface area contributed by atoms with E-state index >= 15 is 0 Å². The lowest BCUT2D eigenvalue weighted by Gasteiger charge is -2.03. The Labute approximate surface area is 151 Å². The van der Waals surface area contributed by atoms with Gasteiger partial charge in [0.05, 0.1) is 16.6 Å². The van der Waals surface area contributed by atoms with Gasteiger partial charge in [0.2, 0.25) is 0 Å². The highest BCUT2D eigenvalue weighted by Crippen LogP contribution is 2.18. The van der Waals surface area contributed by atoms with Crippen molar-refractivity contribution in [2.24, 2.45) is 0 Å². The van der Waals surface area contributed by atoms with Crippen molar-refractivity contribution in [2.75, 3.05) is 5.32 Å². The highest BCUT2D eigenvalue weighted by atomic mass is 35.5. The lowest BCUT2D eigenvalue weighted by Crippen LogP contribution is -2.10. The zero-order chi connectivity index (χ0) is 17.8. The zero-order valence-electron chi connectivity index (χ0n) is 12.9. The van der Waals surface area contributed by atoms with Crippen molar-refractivity contribution in [1.82, 2.24) is 0 Å². The third kappa shape index (κ3) is 4.55. The fourth-order valence-corrected chi connectivity index (χ4v) is 3.25. The molecular formula is C18H13ClFNO3S. The third-order valence-electron chi connectivity index (χ3n) is 3.34. The molecule has 1 atom stereocenters. The van der Waals surface area contributed by atoms with Crippen LogP contribution >= 0.6 is 11.6 Å². The van der Waals surface area contributed by atoms with Gasteiger partial charge in [-0.2, -0.15) is 0 Å². The van der Waals surface area contributed by atoms with Crippen LogP contribution in [0.15, 0.2) is 70.0 Å². The molecule has 128 valence electrons. The number of furan rings is 1. The molecule has 0 saturated heterocycles. The van der Waals surface area contributed by atoms with Crippen molar-refractivity contribution in [1.29, 1.82) is 0 Å². The molecule has 0 spiro atoms. The van der Waals surface area contributed by atoms with E-state index in [1.54, 1.807) is 30.3 Å². The average Bonchev–Trinajstić information content (AvgIpc) is 3.06. The molecule has 3 rings (SSSR count). The predicted molar refractivity (Wildman–Crippen MR) is 94.6 cm³/mol. The van der Waals surface area contributed by atoms with Crippen molar-refractivity contribution >= 4 is 34.0 Å². The molecule has 2 aromatic carbocycles. The van der Waals surface area contributed by atoms with Gasteiger partial charge >= 0.3 is 0 Å². The number of hydrogen-bond acceptors (Lipinski definition) is 3. The first kappa shape index (κ1) is 17.4. The van der Waals surface area contributed by atoms with Crippen LogP contribution in [0.4, 0.5) is 10.1 Å². The summed E-state index contributed by atoms with van der Waals surface area (Å²) in [6.07, 6.45) is 0. The molecule has 0 fully saturated rings. The monoisotopic (exact) mass is 377 g/mol. The van der Waals surface area contributed by atoms with Gasteiger partial charge in [-0.05, 0) is 60.7 Å². The van der Waals surface area contributed by atoms with Gasteiger partial charge in [-0.1, -0.05) is 11.6 Å². The second kappa shape index (κ2) is 7.63. The Morgan fingerprint density at radius 2 is 1.72 bits per heavy atom. The van der Waals surface area contributed by atoms with Gasteiger partial charge in [0, 0.05) is 15.6 Å². The van der Waals surface area contributed by atoms with Crippen molar-refractivity contribution < 1.29 is 17.8 Å². The van der Waals surface area contributed by atoms with E-state index < -0.39 is 16.7 Å². The highest BCUT2D eigenvalue weighted by Gasteiger charge is 2.14. The molecule has 0 radical (unpaired) electrons. The summed E-state index contributed by atoms with van der Waals surface area (Å²) in [5.74, 6) is -0.186. The number of carbonyl (C=O) groups excluding carboxylic acids is 1. The second-order valence-electron chi connectivity index (χ2n) is 5.17. The first-order chi connectivity index (χ1) is 12.0. The lowest BCUT2D eigenvalue weighted by atomic mass is 10.3. The average molecular weight is 378 g/mol. The summed E-state index contributed by atoms with van der Waals surface area (Å²) in [7, 11) is -1.31. The molecular weight excluding hydrogens is 365 g/mol. The summed E-state index contributed by atoms with van der Waals surface area (Å²) in [5, 5.41) is 3.17. The zero-order valence-corrected chi connectivity index (χ0v) is 14.4. The number of halogens is 2. The molecule has 1 heterocycles. The molecule has 1 aromatic heterocycles. The summed E-state index contributed by atoms with van der Waals surface area (Å²) in [4.78, 5) is 12.7. The number of anilines is 1. The van der Waals surface area contributed by atoms with Crippen molar-refractivity contribution in [3.63, 3.8) is 0 Å². The maximum absolute atomic E-state index is 12.9. The molecule has 0 aliphatic carbocycles. The molecule has 3 aromatic rings. The molecule has 0 saturated carbocycles. The quantitative estimate of drug-likeness (QED) is 0.705. The minimum absolute atomic E-state index is 0.0902. The molecule has 0 bridgehead atoms. The van der Waals surface area contributed by atoms with Gasteiger partial charge < -0.3 is 9.73 Å². The first-order valence-electron chi connectivity index (χ1n) is 7.31. The number of nitrogens with one attached hydrogen (secondary N) is 1. The standard InChI is InChI=1S/C18H13ClFNO3S/c19-12-1-8-16(9-2-12)25(23)11-15-7-10-17(24-15)18(22)21-14-5-3-13(20)4-6-14/h1-10H,11H2,(H,21,22). The van der Waals surface area contributed by atoms with E-state index in [0.717, 1.165) is 0 Å². The summed E-state index contributed by atoms with van der Waals surface area (Å²) in [5.41, 5.74) is 0.453. The fraction of sp³-hybridized carbons (Fsp3) is 0.0556. The Morgan fingerprint density at radius 3 is 2.40 bits per heavy atom. The Kier molecular flexibility index (Phi) is 5.31. The Balaban J connectivity index is 1.65. The molecule has 4 nitrogen and oxygen atoms in total. The number of amides is 1. The Hall–Kier alpha value is -2.44. The SMILES string of the molecule is O=C(Nc1ccc(F)cc1)c1ccc(CS(=O)c2ccc(Cl)cc2)o1. The van der Waals surface area contributed by atoms with Gasteiger partial charge in [0.15, 0.2) is 5.76 Å². The summed E-state index contributed by atoms with van der Waals surface area (Å²) < 4.78 is 30.6. The molecule has 0 aliphatic heterocycles. The largest absolute Gasteiger partial charge is 0.455 e. The van der Waals surface area contributed by atoms with E-state index in [-0.39, 0.29) is 17.3 Å². The maximum atomic E-state index is 12.9. The fourth-order valence-electron chi connectivity index (χ4n) is 2.10. The maximum Gasteiger partial charge on any atom is 0.291 e. The molecule has 0 aliphatic rings. The molecule has 1 unspecified atom stereocenters. The van der Waals surface area contributed by atoms with Crippen molar-refractivity contribution in [3.8, 4) is 0 Å². The predicted octanol–water partition coefficient (Wildman–Crippen LogP) is 4.63. The van der Waals surface area contributed by atoms with Crippen molar-refractivity contribution in [3.05, 3.63) is 83.0 Å². The lowest BCUT2D eigenvalue weighted by molar-refractivity contribution is 0.0995. The Morgan fingerprint density at radius 1 is 1.04 bits per heavy atom. The van der Waals surface area contributed by atoms with E-state index in [0.29, 0.717) is 21.4 Å². The number of carbonyl (C=O) groups is 1. The molecule has 25 heavy (non-hydrogen) atoms. The van der Waals surface area contributed by atoms with E-state index in [4.69, 9.17) is 16.0 Å². The first-order valence-corrected chi connectivity index (χ1v) is 9.00. The Bertz CT molecular complexity index is 907.